The molecule has 0 radical (unpaired) electrons. The van der Waals surface area contributed by atoms with Crippen molar-refractivity contribution in [3.8, 4) is 11.4 Å². The molecule has 0 N–H and O–H groups in total. The van der Waals surface area contributed by atoms with Crippen molar-refractivity contribution in [2.45, 2.75) is 13.1 Å². The van der Waals surface area contributed by atoms with E-state index in [0.717, 1.165) is 8.25 Å². The summed E-state index contributed by atoms with van der Waals surface area (Å²) in [6, 6.07) is 2.72. The van der Waals surface area contributed by atoms with Gasteiger partial charge in [0, 0.05) is 10.6 Å². The van der Waals surface area contributed by atoms with Gasteiger partial charge in [-0.25, -0.2) is 14.1 Å². The van der Waals surface area contributed by atoms with Crippen LogP contribution in [0.5, 0.6) is 0 Å². The van der Waals surface area contributed by atoms with Gasteiger partial charge >= 0.3 is 6.18 Å². The van der Waals surface area contributed by atoms with Crippen molar-refractivity contribution in [1.29, 1.82) is 0 Å². The minimum atomic E-state index is -4.65. The number of rotatable bonds is 1. The van der Waals surface area contributed by atoms with Crippen molar-refractivity contribution in [2.75, 3.05) is 0 Å². The van der Waals surface area contributed by atoms with Gasteiger partial charge in [-0.2, -0.15) is 13.2 Å². The molecule has 0 bridgehead atoms. The summed E-state index contributed by atoms with van der Waals surface area (Å²) >= 11 is 1.98. The molecular weight excluding hydrogens is 377 g/mol. The number of nitrogens with zero attached hydrogens (tertiary/aromatic N) is 3. The summed E-state index contributed by atoms with van der Waals surface area (Å²) in [5, 5.41) is 3.26. The fourth-order valence-electron chi connectivity index (χ4n) is 1.56. The average Bonchev–Trinajstić information content (AvgIpc) is 2.65. The van der Waals surface area contributed by atoms with E-state index in [0.29, 0.717) is 5.56 Å². The Balaban J connectivity index is 2.60. The summed E-state index contributed by atoms with van der Waals surface area (Å²) in [5.74, 6) is -2.05. The first-order chi connectivity index (χ1) is 8.70. The Hall–Kier alpha value is -1.19. The lowest BCUT2D eigenvalue weighted by molar-refractivity contribution is -0.144. The SMILES string of the molecule is Cc1cc(F)c(-c2nc(C(F)(F)F)nn2C)cc1I. The lowest BCUT2D eigenvalue weighted by Gasteiger charge is -2.05. The number of aromatic nitrogens is 3. The van der Waals surface area contributed by atoms with Crippen LogP contribution in [-0.4, -0.2) is 14.8 Å². The number of halogens is 5. The summed E-state index contributed by atoms with van der Waals surface area (Å²) in [6.07, 6.45) is -4.65. The minimum absolute atomic E-state index is 0.000463. The van der Waals surface area contributed by atoms with E-state index in [4.69, 9.17) is 0 Å². The van der Waals surface area contributed by atoms with E-state index in [1.165, 1.54) is 19.2 Å². The highest BCUT2D eigenvalue weighted by molar-refractivity contribution is 14.1. The zero-order valence-corrected chi connectivity index (χ0v) is 12.0. The summed E-state index contributed by atoms with van der Waals surface area (Å²) < 4.78 is 53.0. The van der Waals surface area contributed by atoms with Crippen LogP contribution in [0.25, 0.3) is 11.4 Å². The molecule has 1 aromatic carbocycles. The molecule has 0 aliphatic rings. The fourth-order valence-corrected chi connectivity index (χ4v) is 2.02. The Morgan fingerprint density at radius 3 is 2.42 bits per heavy atom. The van der Waals surface area contributed by atoms with Crippen molar-refractivity contribution in [2.24, 2.45) is 7.05 Å². The predicted molar refractivity (Wildman–Crippen MR) is 68.9 cm³/mol. The molecule has 2 rings (SSSR count). The van der Waals surface area contributed by atoms with Crippen LogP contribution in [0.2, 0.25) is 0 Å². The largest absolute Gasteiger partial charge is 0.453 e. The first kappa shape index (κ1) is 14.2. The van der Waals surface area contributed by atoms with Crippen LogP contribution >= 0.6 is 22.6 Å². The van der Waals surface area contributed by atoms with Gasteiger partial charge in [-0.1, -0.05) is 0 Å². The predicted octanol–water partition coefficient (Wildman–Crippen LogP) is 3.55. The maximum Gasteiger partial charge on any atom is 0.453 e. The van der Waals surface area contributed by atoms with Crippen molar-refractivity contribution in [3.63, 3.8) is 0 Å². The highest BCUT2D eigenvalue weighted by Gasteiger charge is 2.37. The maximum absolute atomic E-state index is 13.8. The second-order valence-electron chi connectivity index (χ2n) is 3.96. The number of benzene rings is 1. The molecule has 0 saturated heterocycles. The standard InChI is InChI=1S/C11H8F4IN3/c1-5-3-7(12)6(4-8(5)16)9-17-10(11(13,14)15)18-19(9)2/h3-4H,1-2H3. The van der Waals surface area contributed by atoms with E-state index in [1.54, 1.807) is 6.92 Å². The van der Waals surface area contributed by atoms with Gasteiger partial charge in [-0.15, -0.1) is 5.10 Å². The van der Waals surface area contributed by atoms with Crippen LogP contribution < -0.4 is 0 Å². The van der Waals surface area contributed by atoms with Gasteiger partial charge in [-0.3, -0.25) is 0 Å². The molecule has 1 heterocycles. The van der Waals surface area contributed by atoms with Gasteiger partial charge in [-0.05, 0) is 47.2 Å². The van der Waals surface area contributed by atoms with E-state index in [-0.39, 0.29) is 11.4 Å². The molecule has 0 atom stereocenters. The van der Waals surface area contributed by atoms with Gasteiger partial charge < -0.3 is 0 Å². The Kier molecular flexibility index (Phi) is 3.54. The lowest BCUT2D eigenvalue weighted by Crippen LogP contribution is -2.08. The first-order valence-corrected chi connectivity index (χ1v) is 6.22. The molecule has 0 unspecified atom stereocenters. The normalized spacial score (nSPS) is 11.9. The third-order valence-electron chi connectivity index (χ3n) is 2.51. The summed E-state index contributed by atoms with van der Waals surface area (Å²) in [4.78, 5) is 3.37. The van der Waals surface area contributed by atoms with E-state index in [9.17, 15) is 17.6 Å². The summed E-state index contributed by atoms with van der Waals surface area (Å²) in [5.41, 5.74) is 0.709. The lowest BCUT2D eigenvalue weighted by atomic mass is 10.1. The van der Waals surface area contributed by atoms with E-state index in [1.807, 2.05) is 22.6 Å². The molecule has 0 spiro atoms. The highest BCUT2D eigenvalue weighted by atomic mass is 127. The number of aryl methyl sites for hydroxylation is 2. The molecule has 0 saturated carbocycles. The smallest absolute Gasteiger partial charge is 0.248 e. The Morgan fingerprint density at radius 1 is 1.26 bits per heavy atom. The number of hydrogen-bond donors (Lipinski definition) is 0. The van der Waals surface area contributed by atoms with Crippen molar-refractivity contribution in [3.05, 3.63) is 32.9 Å². The molecule has 0 amide bonds. The molecule has 2 aromatic rings. The van der Waals surface area contributed by atoms with Crippen LogP contribution in [0.1, 0.15) is 11.4 Å². The second-order valence-corrected chi connectivity index (χ2v) is 5.12. The average molecular weight is 385 g/mol. The molecule has 1 aromatic heterocycles. The molecule has 0 fully saturated rings. The van der Waals surface area contributed by atoms with Gasteiger partial charge in [0.05, 0.1) is 5.56 Å². The Labute approximate surface area is 119 Å². The molecular formula is C11H8F4IN3. The molecule has 0 aliphatic carbocycles. The van der Waals surface area contributed by atoms with Gasteiger partial charge in [0.15, 0.2) is 5.82 Å². The van der Waals surface area contributed by atoms with Crippen LogP contribution in [0.3, 0.4) is 0 Å². The Bertz CT molecular complexity index is 634. The maximum atomic E-state index is 13.8. The van der Waals surface area contributed by atoms with Gasteiger partial charge in [0.2, 0.25) is 0 Å². The number of alkyl halides is 3. The van der Waals surface area contributed by atoms with Gasteiger partial charge in [0.25, 0.3) is 5.82 Å². The fraction of sp³-hybridized carbons (Fsp3) is 0.273. The van der Waals surface area contributed by atoms with Crippen LogP contribution in [0, 0.1) is 16.3 Å². The molecule has 19 heavy (non-hydrogen) atoms. The quantitative estimate of drug-likeness (QED) is 0.556. The molecule has 102 valence electrons. The van der Waals surface area contributed by atoms with Crippen LogP contribution in [0.15, 0.2) is 12.1 Å². The van der Waals surface area contributed by atoms with Crippen LogP contribution in [0.4, 0.5) is 17.6 Å². The van der Waals surface area contributed by atoms with E-state index >= 15 is 0 Å². The minimum Gasteiger partial charge on any atom is -0.248 e. The third kappa shape index (κ3) is 2.72. The zero-order chi connectivity index (χ0) is 14.4. The first-order valence-electron chi connectivity index (χ1n) is 5.14. The second kappa shape index (κ2) is 4.73. The van der Waals surface area contributed by atoms with E-state index < -0.39 is 17.8 Å². The molecule has 8 heteroatoms. The number of hydrogen-bond acceptors (Lipinski definition) is 2. The summed E-state index contributed by atoms with van der Waals surface area (Å²) in [7, 11) is 1.30. The zero-order valence-electron chi connectivity index (χ0n) is 9.89. The van der Waals surface area contributed by atoms with E-state index in [2.05, 4.69) is 10.1 Å². The van der Waals surface area contributed by atoms with Crippen molar-refractivity contribution in [1.82, 2.24) is 14.8 Å². The molecule has 0 aliphatic heterocycles. The van der Waals surface area contributed by atoms with Gasteiger partial charge in [0.1, 0.15) is 5.82 Å². The highest BCUT2D eigenvalue weighted by Crippen LogP contribution is 2.30. The molecule has 3 nitrogen and oxygen atoms in total. The monoisotopic (exact) mass is 385 g/mol. The summed E-state index contributed by atoms with van der Waals surface area (Å²) in [6.45, 7) is 1.71. The third-order valence-corrected chi connectivity index (χ3v) is 3.67. The topological polar surface area (TPSA) is 30.7 Å². The van der Waals surface area contributed by atoms with Crippen LogP contribution in [-0.2, 0) is 13.2 Å². The Morgan fingerprint density at radius 2 is 1.89 bits per heavy atom. The van der Waals surface area contributed by atoms with Crippen molar-refractivity contribution < 1.29 is 17.6 Å². The van der Waals surface area contributed by atoms with Crippen molar-refractivity contribution >= 4 is 22.6 Å².